The van der Waals surface area contributed by atoms with Gasteiger partial charge in [-0.05, 0) is 25.0 Å². The van der Waals surface area contributed by atoms with Gasteiger partial charge in [0.25, 0.3) is 0 Å². The van der Waals surface area contributed by atoms with Gasteiger partial charge in [0.05, 0.1) is 31.3 Å². The van der Waals surface area contributed by atoms with Crippen molar-refractivity contribution in [1.82, 2.24) is 14.8 Å². The van der Waals surface area contributed by atoms with Crippen LogP contribution in [0.4, 0.5) is 4.39 Å². The normalized spacial score (nSPS) is 21.8. The van der Waals surface area contributed by atoms with Crippen molar-refractivity contribution in [2.75, 3.05) is 52.5 Å². The molecule has 4 rings (SSSR count). The van der Waals surface area contributed by atoms with E-state index < -0.39 is 0 Å². The minimum Gasteiger partial charge on any atom is -0.379 e. The van der Waals surface area contributed by atoms with Crippen molar-refractivity contribution >= 4 is 16.8 Å². The number of benzene rings is 1. The lowest BCUT2D eigenvalue weighted by Crippen LogP contribution is -2.46. The topological polar surface area (TPSA) is 57.8 Å². The molecule has 1 aromatic carbocycles. The number of rotatable bonds is 4. The highest BCUT2D eigenvalue weighted by Gasteiger charge is 2.26. The number of nitrogens with one attached hydrogen (secondary N) is 1. The van der Waals surface area contributed by atoms with Gasteiger partial charge < -0.3 is 19.4 Å². The highest BCUT2D eigenvalue weighted by molar-refractivity contribution is 5.90. The molecular weight excluding hydrogens is 361 g/mol. The molecule has 1 N–H and O–H groups in total. The summed E-state index contributed by atoms with van der Waals surface area (Å²) in [5.74, 6) is -0.209. The van der Waals surface area contributed by atoms with Crippen LogP contribution >= 0.6 is 0 Å². The van der Waals surface area contributed by atoms with Gasteiger partial charge in [-0.3, -0.25) is 9.69 Å². The Morgan fingerprint density at radius 2 is 2.07 bits per heavy atom. The molecule has 0 spiro atoms. The first-order valence-electron chi connectivity index (χ1n) is 10.1. The maximum Gasteiger partial charge on any atom is 0.227 e. The first kappa shape index (κ1) is 19.4. The lowest BCUT2D eigenvalue weighted by Gasteiger charge is -2.31. The van der Waals surface area contributed by atoms with Crippen LogP contribution in [0.25, 0.3) is 10.9 Å². The molecule has 0 aliphatic carbocycles. The Bertz CT molecular complexity index is 832. The highest BCUT2D eigenvalue weighted by Crippen LogP contribution is 2.25. The van der Waals surface area contributed by atoms with Crippen LogP contribution in [0.2, 0.25) is 0 Å². The van der Waals surface area contributed by atoms with E-state index in [0.717, 1.165) is 55.9 Å². The molecule has 2 aromatic rings. The van der Waals surface area contributed by atoms with E-state index in [-0.39, 0.29) is 24.2 Å². The maximum absolute atomic E-state index is 14.0. The molecule has 1 atom stereocenters. The number of aromatic amines is 1. The lowest BCUT2D eigenvalue weighted by molar-refractivity contribution is -0.131. The zero-order valence-corrected chi connectivity index (χ0v) is 16.4. The van der Waals surface area contributed by atoms with Crippen LogP contribution < -0.4 is 0 Å². The monoisotopic (exact) mass is 389 g/mol. The van der Waals surface area contributed by atoms with Crippen molar-refractivity contribution in [1.29, 1.82) is 0 Å². The molecule has 0 saturated carbocycles. The Morgan fingerprint density at radius 1 is 1.25 bits per heavy atom. The number of para-hydroxylation sites is 1. The van der Waals surface area contributed by atoms with Gasteiger partial charge >= 0.3 is 0 Å². The zero-order chi connectivity index (χ0) is 19.5. The number of carbonyl (C=O) groups is 1. The summed E-state index contributed by atoms with van der Waals surface area (Å²) < 4.78 is 25.5. The standard InChI is InChI=1S/C21H28FN3O3/c1-15-18(17-4-2-5-19(22)21(17)23-15)12-20(26)25-6-3-9-28-16(14-25)13-24-7-10-27-11-8-24/h2,4-5,16,23H,3,6-14H2,1H3. The van der Waals surface area contributed by atoms with Crippen LogP contribution in [-0.4, -0.2) is 79.3 Å². The third kappa shape index (κ3) is 4.21. The predicted molar refractivity (Wildman–Crippen MR) is 105 cm³/mol. The summed E-state index contributed by atoms with van der Waals surface area (Å²) in [6.45, 7) is 8.04. The number of halogens is 1. The summed E-state index contributed by atoms with van der Waals surface area (Å²) in [7, 11) is 0. The molecule has 2 saturated heterocycles. The molecular formula is C21H28FN3O3. The third-order valence-corrected chi connectivity index (χ3v) is 5.70. The van der Waals surface area contributed by atoms with E-state index in [2.05, 4.69) is 9.88 Å². The number of hydrogen-bond acceptors (Lipinski definition) is 4. The Balaban J connectivity index is 1.45. The number of aryl methyl sites for hydroxylation is 1. The van der Waals surface area contributed by atoms with Crippen LogP contribution in [0, 0.1) is 12.7 Å². The van der Waals surface area contributed by atoms with Crippen molar-refractivity contribution in [3.63, 3.8) is 0 Å². The predicted octanol–water partition coefficient (Wildman–Crippen LogP) is 2.11. The molecule has 3 heterocycles. The fourth-order valence-electron chi connectivity index (χ4n) is 4.16. The van der Waals surface area contributed by atoms with Crippen molar-refractivity contribution in [3.8, 4) is 0 Å². The van der Waals surface area contributed by atoms with Crippen molar-refractivity contribution in [2.45, 2.75) is 25.9 Å². The largest absolute Gasteiger partial charge is 0.379 e. The number of fused-ring (bicyclic) bond motifs is 1. The molecule has 2 aliphatic heterocycles. The fourth-order valence-corrected chi connectivity index (χ4v) is 4.16. The molecule has 0 radical (unpaired) electrons. The van der Waals surface area contributed by atoms with Gasteiger partial charge in [-0.1, -0.05) is 12.1 Å². The first-order chi connectivity index (χ1) is 13.6. The van der Waals surface area contributed by atoms with E-state index in [9.17, 15) is 9.18 Å². The van der Waals surface area contributed by atoms with E-state index in [1.165, 1.54) is 6.07 Å². The highest BCUT2D eigenvalue weighted by atomic mass is 19.1. The molecule has 1 unspecified atom stereocenters. The minimum atomic E-state index is -0.284. The number of hydrogen-bond donors (Lipinski definition) is 1. The Hall–Kier alpha value is -1.96. The molecule has 2 aliphatic rings. The molecule has 1 amide bonds. The second kappa shape index (κ2) is 8.59. The van der Waals surface area contributed by atoms with Crippen molar-refractivity contribution < 1.29 is 18.7 Å². The van der Waals surface area contributed by atoms with E-state index in [1.54, 1.807) is 6.07 Å². The lowest BCUT2D eigenvalue weighted by atomic mass is 10.1. The van der Waals surface area contributed by atoms with Crippen LogP contribution in [0.1, 0.15) is 17.7 Å². The number of morpholine rings is 1. The van der Waals surface area contributed by atoms with Crippen LogP contribution in [0.5, 0.6) is 0 Å². The summed E-state index contributed by atoms with van der Waals surface area (Å²) in [6, 6.07) is 5.00. The maximum atomic E-state index is 14.0. The quantitative estimate of drug-likeness (QED) is 0.870. The molecule has 152 valence electrons. The van der Waals surface area contributed by atoms with E-state index in [4.69, 9.17) is 9.47 Å². The van der Waals surface area contributed by atoms with Gasteiger partial charge in [-0.25, -0.2) is 4.39 Å². The Kier molecular flexibility index (Phi) is 5.94. The summed E-state index contributed by atoms with van der Waals surface area (Å²) in [6.07, 6.45) is 1.14. The van der Waals surface area contributed by atoms with E-state index >= 15 is 0 Å². The second-order valence-electron chi connectivity index (χ2n) is 7.67. The molecule has 2 fully saturated rings. The number of aromatic nitrogens is 1. The van der Waals surface area contributed by atoms with Crippen LogP contribution in [-0.2, 0) is 20.7 Å². The summed E-state index contributed by atoms with van der Waals surface area (Å²) in [4.78, 5) is 20.4. The zero-order valence-electron chi connectivity index (χ0n) is 16.4. The summed E-state index contributed by atoms with van der Waals surface area (Å²) >= 11 is 0. The number of H-pyrrole nitrogens is 1. The third-order valence-electron chi connectivity index (χ3n) is 5.70. The molecule has 0 bridgehead atoms. The average Bonchev–Trinajstić information content (AvgIpc) is 2.87. The van der Waals surface area contributed by atoms with Gasteiger partial charge in [0, 0.05) is 50.4 Å². The molecule has 7 heteroatoms. The SMILES string of the molecule is Cc1[nH]c2c(F)cccc2c1CC(=O)N1CCCOC(CN2CCOCC2)C1. The average molecular weight is 389 g/mol. The Labute approximate surface area is 164 Å². The summed E-state index contributed by atoms with van der Waals surface area (Å²) in [5.41, 5.74) is 2.21. The smallest absolute Gasteiger partial charge is 0.227 e. The number of ether oxygens (including phenoxy) is 2. The summed E-state index contributed by atoms with van der Waals surface area (Å²) in [5, 5.41) is 0.793. The van der Waals surface area contributed by atoms with E-state index in [1.807, 2.05) is 17.9 Å². The van der Waals surface area contributed by atoms with Gasteiger partial charge in [0.15, 0.2) is 0 Å². The minimum absolute atomic E-state index is 0.0195. The molecule has 1 aromatic heterocycles. The van der Waals surface area contributed by atoms with Crippen LogP contribution in [0.3, 0.4) is 0 Å². The fraction of sp³-hybridized carbons (Fsp3) is 0.571. The van der Waals surface area contributed by atoms with Crippen molar-refractivity contribution in [3.05, 3.63) is 35.3 Å². The second-order valence-corrected chi connectivity index (χ2v) is 7.67. The van der Waals surface area contributed by atoms with Crippen LogP contribution in [0.15, 0.2) is 18.2 Å². The number of nitrogens with zero attached hydrogens (tertiary/aromatic N) is 2. The first-order valence-corrected chi connectivity index (χ1v) is 10.1. The number of amides is 1. The van der Waals surface area contributed by atoms with E-state index in [0.29, 0.717) is 25.2 Å². The molecule has 6 nitrogen and oxygen atoms in total. The van der Waals surface area contributed by atoms with Gasteiger partial charge in [-0.15, -0.1) is 0 Å². The molecule has 28 heavy (non-hydrogen) atoms. The van der Waals surface area contributed by atoms with Gasteiger partial charge in [0.2, 0.25) is 5.91 Å². The number of carbonyl (C=O) groups excluding carboxylic acids is 1. The Morgan fingerprint density at radius 3 is 2.89 bits per heavy atom. The van der Waals surface area contributed by atoms with Gasteiger partial charge in [0.1, 0.15) is 5.82 Å². The van der Waals surface area contributed by atoms with Crippen molar-refractivity contribution in [2.24, 2.45) is 0 Å². The van der Waals surface area contributed by atoms with Gasteiger partial charge in [-0.2, -0.15) is 0 Å².